The second-order valence-electron chi connectivity index (χ2n) is 3.77. The van der Waals surface area contributed by atoms with Gasteiger partial charge >= 0.3 is 6.01 Å². The van der Waals surface area contributed by atoms with Crippen LogP contribution in [-0.4, -0.2) is 16.7 Å². The van der Waals surface area contributed by atoms with Crippen molar-refractivity contribution in [2.24, 2.45) is 0 Å². The first kappa shape index (κ1) is 11.6. The first-order valence-corrected chi connectivity index (χ1v) is 5.64. The van der Waals surface area contributed by atoms with Gasteiger partial charge in [-0.15, -0.1) is 5.10 Å². The van der Waals surface area contributed by atoms with Crippen LogP contribution in [0, 0.1) is 6.92 Å². The Morgan fingerprint density at radius 2 is 1.94 bits per heavy atom. The summed E-state index contributed by atoms with van der Waals surface area (Å²) in [7, 11) is 0. The fourth-order valence-electron chi connectivity index (χ4n) is 1.37. The van der Waals surface area contributed by atoms with Gasteiger partial charge in [0, 0.05) is 5.69 Å². The van der Waals surface area contributed by atoms with E-state index in [4.69, 9.17) is 4.42 Å². The molecule has 0 spiro atoms. The maximum atomic E-state index is 5.42. The number of anilines is 2. The Balaban J connectivity index is 1.98. The number of hydrogen-bond donors (Lipinski definition) is 2. The van der Waals surface area contributed by atoms with Gasteiger partial charge in [0.2, 0.25) is 5.89 Å². The van der Waals surface area contributed by atoms with Crippen molar-refractivity contribution in [1.82, 2.24) is 15.5 Å². The predicted octanol–water partition coefficient (Wildman–Crippen LogP) is 2.23. The predicted molar refractivity (Wildman–Crippen MR) is 66.1 cm³/mol. The lowest BCUT2D eigenvalue weighted by Crippen LogP contribution is -2.11. The van der Waals surface area contributed by atoms with Crippen molar-refractivity contribution < 1.29 is 4.42 Å². The molecule has 0 aliphatic heterocycles. The first-order chi connectivity index (χ1) is 8.28. The molecule has 0 aliphatic rings. The van der Waals surface area contributed by atoms with E-state index in [0.29, 0.717) is 18.5 Å². The first-order valence-electron chi connectivity index (χ1n) is 5.64. The molecule has 5 nitrogen and oxygen atoms in total. The molecule has 5 heteroatoms. The van der Waals surface area contributed by atoms with E-state index in [1.165, 1.54) is 5.56 Å². The number of hydrogen-bond acceptors (Lipinski definition) is 5. The van der Waals surface area contributed by atoms with E-state index in [1.54, 1.807) is 0 Å². The smallest absolute Gasteiger partial charge is 0.320 e. The van der Waals surface area contributed by atoms with Crippen molar-refractivity contribution in [2.75, 3.05) is 11.9 Å². The van der Waals surface area contributed by atoms with Crippen LogP contribution in [0.1, 0.15) is 18.4 Å². The summed E-state index contributed by atoms with van der Waals surface area (Å²) in [6.45, 7) is 5.55. The van der Waals surface area contributed by atoms with Gasteiger partial charge < -0.3 is 15.1 Å². The zero-order valence-electron chi connectivity index (χ0n) is 10.0. The Morgan fingerprint density at radius 3 is 2.65 bits per heavy atom. The van der Waals surface area contributed by atoms with Crippen molar-refractivity contribution in [2.45, 2.75) is 20.4 Å². The Hall–Kier alpha value is -1.88. The molecule has 0 unspecified atom stereocenters. The summed E-state index contributed by atoms with van der Waals surface area (Å²) in [5.41, 5.74) is 2.16. The third kappa shape index (κ3) is 3.29. The third-order valence-electron chi connectivity index (χ3n) is 2.30. The zero-order chi connectivity index (χ0) is 12.1. The largest absolute Gasteiger partial charge is 0.406 e. The fourth-order valence-corrected chi connectivity index (χ4v) is 1.37. The van der Waals surface area contributed by atoms with Gasteiger partial charge in [0.1, 0.15) is 0 Å². The lowest BCUT2D eigenvalue weighted by Gasteiger charge is -2.00. The maximum Gasteiger partial charge on any atom is 0.320 e. The van der Waals surface area contributed by atoms with Crippen molar-refractivity contribution in [1.29, 1.82) is 0 Å². The Morgan fingerprint density at radius 1 is 1.18 bits per heavy atom. The molecule has 90 valence electrons. The molecule has 2 aromatic rings. The number of aryl methyl sites for hydroxylation is 1. The summed E-state index contributed by atoms with van der Waals surface area (Å²) in [4.78, 5) is 0. The molecule has 0 saturated heterocycles. The highest BCUT2D eigenvalue weighted by Gasteiger charge is 2.04. The molecule has 2 N–H and O–H groups in total. The van der Waals surface area contributed by atoms with Gasteiger partial charge in [-0.3, -0.25) is 0 Å². The normalized spacial score (nSPS) is 10.5. The van der Waals surface area contributed by atoms with E-state index in [9.17, 15) is 0 Å². The van der Waals surface area contributed by atoms with Gasteiger partial charge in [0.15, 0.2) is 0 Å². The molecule has 0 fully saturated rings. The number of benzene rings is 1. The van der Waals surface area contributed by atoms with Crippen LogP contribution in [0.4, 0.5) is 11.7 Å². The molecule has 0 atom stereocenters. The minimum Gasteiger partial charge on any atom is -0.406 e. The highest BCUT2D eigenvalue weighted by Crippen LogP contribution is 2.15. The number of rotatable bonds is 5. The van der Waals surface area contributed by atoms with Crippen LogP contribution < -0.4 is 10.6 Å². The standard InChI is InChI=1S/C12H16N4O/c1-3-13-8-11-15-16-12(17-11)14-10-6-4-9(2)5-7-10/h4-7,13H,3,8H2,1-2H3,(H,14,16). The van der Waals surface area contributed by atoms with E-state index in [0.717, 1.165) is 12.2 Å². The molecule has 0 saturated carbocycles. The molecular formula is C12H16N4O. The fraction of sp³-hybridized carbons (Fsp3) is 0.333. The lowest BCUT2D eigenvalue weighted by atomic mass is 10.2. The van der Waals surface area contributed by atoms with Crippen molar-refractivity contribution >= 4 is 11.7 Å². The molecule has 0 bridgehead atoms. The van der Waals surface area contributed by atoms with E-state index in [-0.39, 0.29) is 0 Å². The Labute approximate surface area is 100 Å². The van der Waals surface area contributed by atoms with E-state index >= 15 is 0 Å². The van der Waals surface area contributed by atoms with E-state index < -0.39 is 0 Å². The lowest BCUT2D eigenvalue weighted by molar-refractivity contribution is 0.484. The minimum atomic E-state index is 0.418. The van der Waals surface area contributed by atoms with Crippen molar-refractivity contribution in [3.8, 4) is 0 Å². The Kier molecular flexibility index (Phi) is 3.72. The van der Waals surface area contributed by atoms with Crippen LogP contribution in [-0.2, 0) is 6.54 Å². The summed E-state index contributed by atoms with van der Waals surface area (Å²) in [5, 5.41) is 14.0. The average Bonchev–Trinajstić information content (AvgIpc) is 2.77. The summed E-state index contributed by atoms with van der Waals surface area (Å²) < 4.78 is 5.42. The monoisotopic (exact) mass is 232 g/mol. The average molecular weight is 232 g/mol. The van der Waals surface area contributed by atoms with Crippen LogP contribution in [0.5, 0.6) is 0 Å². The highest BCUT2D eigenvalue weighted by atomic mass is 16.4. The van der Waals surface area contributed by atoms with Crippen LogP contribution >= 0.6 is 0 Å². The molecule has 1 heterocycles. The molecule has 1 aromatic heterocycles. The van der Waals surface area contributed by atoms with Gasteiger partial charge in [-0.1, -0.05) is 29.7 Å². The van der Waals surface area contributed by atoms with E-state index in [1.807, 2.05) is 38.1 Å². The summed E-state index contributed by atoms with van der Waals surface area (Å²) in [6, 6.07) is 8.42. The number of nitrogens with zero attached hydrogens (tertiary/aromatic N) is 2. The maximum absolute atomic E-state index is 5.42. The van der Waals surface area contributed by atoms with Crippen molar-refractivity contribution in [3.05, 3.63) is 35.7 Å². The molecular weight excluding hydrogens is 216 g/mol. The molecule has 0 aliphatic carbocycles. The quantitative estimate of drug-likeness (QED) is 0.827. The summed E-state index contributed by atoms with van der Waals surface area (Å²) in [6.07, 6.45) is 0. The van der Waals surface area contributed by atoms with Crippen LogP contribution in [0.3, 0.4) is 0 Å². The van der Waals surface area contributed by atoms with Crippen LogP contribution in [0.15, 0.2) is 28.7 Å². The second-order valence-corrected chi connectivity index (χ2v) is 3.77. The second kappa shape index (κ2) is 5.45. The number of aromatic nitrogens is 2. The molecule has 0 radical (unpaired) electrons. The summed E-state index contributed by atoms with van der Waals surface area (Å²) >= 11 is 0. The van der Waals surface area contributed by atoms with Crippen LogP contribution in [0.25, 0.3) is 0 Å². The molecule has 2 rings (SSSR count). The topological polar surface area (TPSA) is 63.0 Å². The van der Waals surface area contributed by atoms with Gasteiger partial charge in [-0.2, -0.15) is 0 Å². The van der Waals surface area contributed by atoms with E-state index in [2.05, 4.69) is 20.8 Å². The van der Waals surface area contributed by atoms with Gasteiger partial charge in [0.05, 0.1) is 6.54 Å². The highest BCUT2D eigenvalue weighted by molar-refractivity contribution is 5.52. The van der Waals surface area contributed by atoms with Gasteiger partial charge in [-0.05, 0) is 25.6 Å². The number of nitrogens with one attached hydrogen (secondary N) is 2. The zero-order valence-corrected chi connectivity index (χ0v) is 10.0. The van der Waals surface area contributed by atoms with Crippen molar-refractivity contribution in [3.63, 3.8) is 0 Å². The Bertz CT molecular complexity index is 464. The van der Waals surface area contributed by atoms with Gasteiger partial charge in [-0.25, -0.2) is 0 Å². The SMILES string of the molecule is CCNCc1nnc(Nc2ccc(C)cc2)o1. The molecule has 0 amide bonds. The molecule has 1 aromatic carbocycles. The third-order valence-corrected chi connectivity index (χ3v) is 2.30. The van der Waals surface area contributed by atoms with Crippen LogP contribution in [0.2, 0.25) is 0 Å². The molecule has 17 heavy (non-hydrogen) atoms. The minimum absolute atomic E-state index is 0.418. The van der Waals surface area contributed by atoms with Gasteiger partial charge in [0.25, 0.3) is 0 Å². The summed E-state index contributed by atoms with van der Waals surface area (Å²) in [5.74, 6) is 0.585.